The number of hydrogen-bond donors (Lipinski definition) is 4. The molecule has 194 valence electrons. The maximum atomic E-state index is 12.9. The summed E-state index contributed by atoms with van der Waals surface area (Å²) in [5.74, 6) is -0.907. The lowest BCUT2D eigenvalue weighted by atomic mass is 10.0. The molecule has 35 heavy (non-hydrogen) atoms. The fourth-order valence-corrected chi connectivity index (χ4v) is 3.10. The number of rotatable bonds is 14. The van der Waals surface area contributed by atoms with Crippen molar-refractivity contribution in [3.05, 3.63) is 42.5 Å². The molecule has 0 unspecified atom stereocenters. The molecule has 0 aliphatic rings. The Morgan fingerprint density at radius 1 is 1.06 bits per heavy atom. The molecule has 0 saturated heterocycles. The van der Waals surface area contributed by atoms with Crippen LogP contribution in [0.15, 0.2) is 36.9 Å². The molecular formula is C25H38N4O6. The molecule has 0 bridgehead atoms. The van der Waals surface area contributed by atoms with E-state index in [1.54, 1.807) is 51.1 Å². The van der Waals surface area contributed by atoms with E-state index < -0.39 is 35.6 Å². The molecule has 1 rings (SSSR count). The maximum Gasteiger partial charge on any atom is 0.407 e. The Kier molecular flexibility index (Phi) is 12.3. The van der Waals surface area contributed by atoms with Crippen LogP contribution in [0.5, 0.6) is 5.75 Å². The molecule has 1 aromatic carbocycles. The zero-order valence-corrected chi connectivity index (χ0v) is 21.0. The van der Waals surface area contributed by atoms with Crippen LogP contribution in [-0.4, -0.2) is 54.7 Å². The number of ether oxygens (including phenoxy) is 2. The van der Waals surface area contributed by atoms with Gasteiger partial charge in [0, 0.05) is 19.9 Å². The van der Waals surface area contributed by atoms with E-state index in [-0.39, 0.29) is 12.3 Å². The van der Waals surface area contributed by atoms with Crippen LogP contribution in [0.4, 0.5) is 4.79 Å². The van der Waals surface area contributed by atoms with Crippen LogP contribution in [0.2, 0.25) is 0 Å². The van der Waals surface area contributed by atoms with Gasteiger partial charge in [-0.1, -0.05) is 24.8 Å². The van der Waals surface area contributed by atoms with Gasteiger partial charge in [0.1, 0.15) is 30.0 Å². The SMILES string of the molecule is C=CCOc1ccc(C[C@H](NC(C)=O)C(=O)N[C@H](CCCCNC(=O)OC(C)(C)C)C(N)=O)cc1. The summed E-state index contributed by atoms with van der Waals surface area (Å²) < 4.78 is 10.6. The second kappa shape index (κ2) is 14.6. The van der Waals surface area contributed by atoms with Crippen LogP contribution in [0.1, 0.15) is 52.5 Å². The Bertz CT molecular complexity index is 864. The Hall–Kier alpha value is -3.56. The largest absolute Gasteiger partial charge is 0.490 e. The number of nitrogens with one attached hydrogen (secondary N) is 3. The van der Waals surface area contributed by atoms with E-state index in [9.17, 15) is 19.2 Å². The van der Waals surface area contributed by atoms with Crippen molar-refractivity contribution in [3.63, 3.8) is 0 Å². The average Bonchev–Trinajstić information content (AvgIpc) is 2.75. The van der Waals surface area contributed by atoms with Crippen LogP contribution in [0.25, 0.3) is 0 Å². The molecule has 10 nitrogen and oxygen atoms in total. The van der Waals surface area contributed by atoms with Gasteiger partial charge in [0.15, 0.2) is 0 Å². The topological polar surface area (TPSA) is 149 Å². The zero-order chi connectivity index (χ0) is 26.4. The van der Waals surface area contributed by atoms with Crippen LogP contribution < -0.4 is 26.4 Å². The van der Waals surface area contributed by atoms with Gasteiger partial charge < -0.3 is 31.2 Å². The third-order valence-electron chi connectivity index (χ3n) is 4.67. The highest BCUT2D eigenvalue weighted by molar-refractivity contribution is 5.91. The summed E-state index contributed by atoms with van der Waals surface area (Å²) in [5, 5.41) is 7.90. The molecule has 2 atom stereocenters. The molecule has 5 N–H and O–H groups in total. The number of unbranched alkanes of at least 4 members (excludes halogenated alkanes) is 1. The van der Waals surface area contributed by atoms with Gasteiger partial charge >= 0.3 is 6.09 Å². The highest BCUT2D eigenvalue weighted by Crippen LogP contribution is 2.14. The molecule has 0 saturated carbocycles. The van der Waals surface area contributed by atoms with Crippen LogP contribution in [0, 0.1) is 0 Å². The number of benzene rings is 1. The fourth-order valence-electron chi connectivity index (χ4n) is 3.10. The first-order chi connectivity index (χ1) is 16.4. The summed E-state index contributed by atoms with van der Waals surface area (Å²) in [5.41, 5.74) is 5.69. The number of carbonyl (C=O) groups excluding carboxylic acids is 4. The summed E-state index contributed by atoms with van der Waals surface area (Å²) in [4.78, 5) is 48.1. The molecule has 0 heterocycles. The van der Waals surface area contributed by atoms with Gasteiger partial charge in [-0.15, -0.1) is 0 Å². The molecule has 10 heteroatoms. The predicted molar refractivity (Wildman–Crippen MR) is 133 cm³/mol. The van der Waals surface area contributed by atoms with Crippen LogP contribution in [-0.2, 0) is 25.5 Å². The third kappa shape index (κ3) is 13.0. The van der Waals surface area contributed by atoms with E-state index in [4.69, 9.17) is 15.2 Å². The first-order valence-electron chi connectivity index (χ1n) is 11.6. The summed E-state index contributed by atoms with van der Waals surface area (Å²) in [6.45, 7) is 11.0. The van der Waals surface area contributed by atoms with E-state index in [0.717, 1.165) is 5.56 Å². The van der Waals surface area contributed by atoms with E-state index >= 15 is 0 Å². The lowest BCUT2D eigenvalue weighted by molar-refractivity contribution is -0.130. The lowest BCUT2D eigenvalue weighted by Gasteiger charge is -2.22. The summed E-state index contributed by atoms with van der Waals surface area (Å²) in [7, 11) is 0. The van der Waals surface area contributed by atoms with E-state index in [1.807, 2.05) is 0 Å². The molecule has 0 radical (unpaired) electrons. The number of primary amides is 1. The smallest absolute Gasteiger partial charge is 0.407 e. The van der Waals surface area contributed by atoms with E-state index in [1.165, 1.54) is 6.92 Å². The Morgan fingerprint density at radius 2 is 1.71 bits per heavy atom. The molecule has 0 fully saturated rings. The molecule has 0 spiro atoms. The molecular weight excluding hydrogens is 452 g/mol. The van der Waals surface area contributed by atoms with Gasteiger partial charge in [-0.2, -0.15) is 0 Å². The van der Waals surface area contributed by atoms with Gasteiger partial charge in [-0.3, -0.25) is 14.4 Å². The van der Waals surface area contributed by atoms with Gasteiger partial charge in [-0.05, 0) is 57.7 Å². The first-order valence-corrected chi connectivity index (χ1v) is 11.6. The van der Waals surface area contributed by atoms with Gasteiger partial charge in [-0.25, -0.2) is 4.79 Å². The summed E-state index contributed by atoms with van der Waals surface area (Å²) in [6, 6.07) is 5.32. The van der Waals surface area contributed by atoms with Crippen molar-refractivity contribution in [3.8, 4) is 5.75 Å². The van der Waals surface area contributed by atoms with Crippen molar-refractivity contribution >= 4 is 23.8 Å². The Morgan fingerprint density at radius 3 is 2.26 bits per heavy atom. The van der Waals surface area contributed by atoms with Crippen molar-refractivity contribution in [2.24, 2.45) is 5.73 Å². The predicted octanol–water partition coefficient (Wildman–Crippen LogP) is 1.96. The van der Waals surface area contributed by atoms with Crippen molar-refractivity contribution in [1.29, 1.82) is 0 Å². The number of amides is 4. The summed E-state index contributed by atoms with van der Waals surface area (Å²) >= 11 is 0. The molecule has 0 aromatic heterocycles. The second-order valence-corrected chi connectivity index (χ2v) is 9.09. The monoisotopic (exact) mass is 490 g/mol. The standard InChI is InChI=1S/C25H38N4O6/c1-6-15-34-19-12-10-18(11-13-19)16-21(28-17(2)30)23(32)29-20(22(26)31)9-7-8-14-27-24(33)35-25(3,4)5/h6,10-13,20-21H,1,7-9,14-16H2,2-5H3,(H2,26,31)(H,27,33)(H,28,30)(H,29,32)/t20-,21+/m1/s1. The average molecular weight is 491 g/mol. The van der Waals surface area contributed by atoms with Crippen LogP contribution in [0.3, 0.4) is 0 Å². The number of hydrogen-bond acceptors (Lipinski definition) is 6. The van der Waals surface area contributed by atoms with Crippen molar-refractivity contribution in [2.75, 3.05) is 13.2 Å². The van der Waals surface area contributed by atoms with Crippen molar-refractivity contribution in [1.82, 2.24) is 16.0 Å². The highest BCUT2D eigenvalue weighted by atomic mass is 16.6. The quantitative estimate of drug-likeness (QED) is 0.231. The fraction of sp³-hybridized carbons (Fsp3) is 0.520. The maximum absolute atomic E-state index is 12.9. The minimum absolute atomic E-state index is 0.221. The van der Waals surface area contributed by atoms with Crippen molar-refractivity contribution < 1.29 is 28.7 Å². The van der Waals surface area contributed by atoms with Gasteiger partial charge in [0.25, 0.3) is 0 Å². The van der Waals surface area contributed by atoms with Crippen LogP contribution >= 0.6 is 0 Å². The normalized spacial score (nSPS) is 12.6. The molecule has 4 amide bonds. The highest BCUT2D eigenvalue weighted by Gasteiger charge is 2.25. The number of alkyl carbamates (subject to hydrolysis) is 1. The minimum Gasteiger partial charge on any atom is -0.490 e. The Labute approximate surface area is 207 Å². The van der Waals surface area contributed by atoms with E-state index in [2.05, 4.69) is 22.5 Å². The number of carbonyl (C=O) groups is 4. The molecule has 1 aromatic rings. The third-order valence-corrected chi connectivity index (χ3v) is 4.67. The Balaban J connectivity index is 2.63. The molecule has 0 aliphatic carbocycles. The second-order valence-electron chi connectivity index (χ2n) is 9.09. The first kappa shape index (κ1) is 29.5. The van der Waals surface area contributed by atoms with Gasteiger partial charge in [0.05, 0.1) is 0 Å². The zero-order valence-electron chi connectivity index (χ0n) is 21.0. The van der Waals surface area contributed by atoms with E-state index in [0.29, 0.717) is 38.2 Å². The number of nitrogens with two attached hydrogens (primary N) is 1. The molecule has 0 aliphatic heterocycles. The van der Waals surface area contributed by atoms with Crippen molar-refractivity contribution in [2.45, 2.75) is 71.1 Å². The summed E-state index contributed by atoms with van der Waals surface area (Å²) in [6.07, 6.45) is 2.72. The lowest BCUT2D eigenvalue weighted by Crippen LogP contribution is -2.53. The minimum atomic E-state index is -0.907. The van der Waals surface area contributed by atoms with Gasteiger partial charge in [0.2, 0.25) is 17.7 Å².